The molecule has 0 aliphatic rings. The smallest absolute Gasteiger partial charge is 0.165 e. The number of benzene rings is 3. The predicted octanol–water partition coefficient (Wildman–Crippen LogP) is 5.68. The average Bonchev–Trinajstić information content (AvgIpc) is 2.70. The minimum absolute atomic E-state index is 0. The number of rotatable bonds is 7. The molecule has 3 aromatic rings. The van der Waals surface area contributed by atoms with Gasteiger partial charge in [-0.3, -0.25) is 4.79 Å². The van der Waals surface area contributed by atoms with Crippen LogP contribution in [0.5, 0.6) is 5.75 Å². The molecule has 0 aromatic heterocycles. The van der Waals surface area contributed by atoms with Crippen LogP contribution in [0.25, 0.3) is 0 Å². The maximum absolute atomic E-state index is 13.2. The summed E-state index contributed by atoms with van der Waals surface area (Å²) in [6.07, 6.45) is 0.285. The lowest BCUT2D eigenvalue weighted by molar-refractivity contribution is 0.0976. The number of hydrogen-bond donors (Lipinski definition) is 1. The molecular weight excluding hydrogens is 365 g/mol. The Morgan fingerprint density at radius 3 is 2.19 bits per heavy atom. The Kier molecular flexibility index (Phi) is 7.38. The maximum Gasteiger partial charge on any atom is 0.165 e. The summed E-state index contributed by atoms with van der Waals surface area (Å²) < 4.78 is 18.4. The minimum Gasteiger partial charge on any atom is -0.497 e. The Morgan fingerprint density at radius 2 is 1.59 bits per heavy atom. The van der Waals surface area contributed by atoms with E-state index in [1.54, 1.807) is 19.2 Å². The molecule has 0 bridgehead atoms. The zero-order valence-corrected chi connectivity index (χ0v) is 15.7. The van der Waals surface area contributed by atoms with Crippen molar-refractivity contribution in [3.8, 4) is 5.75 Å². The molecule has 3 aromatic carbocycles. The fourth-order valence-corrected chi connectivity index (χ4v) is 2.76. The van der Waals surface area contributed by atoms with Crippen LogP contribution in [0, 0.1) is 5.82 Å². The number of halogens is 2. The van der Waals surface area contributed by atoms with Crippen molar-refractivity contribution in [3.63, 3.8) is 0 Å². The molecule has 0 fully saturated rings. The lowest BCUT2D eigenvalue weighted by atomic mass is 9.97. The Morgan fingerprint density at radius 1 is 0.963 bits per heavy atom. The molecule has 0 aliphatic carbocycles. The van der Waals surface area contributed by atoms with E-state index in [1.807, 2.05) is 54.6 Å². The number of anilines is 1. The third-order valence-corrected chi connectivity index (χ3v) is 4.19. The number of carbonyl (C=O) groups is 1. The molecular formula is C22H21ClFNO2. The highest BCUT2D eigenvalue weighted by Crippen LogP contribution is 2.26. The van der Waals surface area contributed by atoms with Crippen molar-refractivity contribution in [3.05, 3.63) is 95.8 Å². The van der Waals surface area contributed by atoms with E-state index in [2.05, 4.69) is 5.32 Å². The van der Waals surface area contributed by atoms with Gasteiger partial charge in [0, 0.05) is 17.7 Å². The number of ether oxygens (including phenoxy) is 1. The van der Waals surface area contributed by atoms with Crippen molar-refractivity contribution < 1.29 is 13.9 Å². The molecule has 1 unspecified atom stereocenters. The van der Waals surface area contributed by atoms with Crippen LogP contribution >= 0.6 is 12.4 Å². The molecule has 0 saturated carbocycles. The van der Waals surface area contributed by atoms with Gasteiger partial charge in [-0.1, -0.05) is 42.5 Å². The summed E-state index contributed by atoms with van der Waals surface area (Å²) >= 11 is 0. The van der Waals surface area contributed by atoms with E-state index < -0.39 is 0 Å². The van der Waals surface area contributed by atoms with E-state index >= 15 is 0 Å². The monoisotopic (exact) mass is 385 g/mol. The van der Waals surface area contributed by atoms with Gasteiger partial charge in [0.25, 0.3) is 0 Å². The summed E-state index contributed by atoms with van der Waals surface area (Å²) in [7, 11) is 1.61. The van der Waals surface area contributed by atoms with E-state index in [9.17, 15) is 9.18 Å². The Hall–Kier alpha value is -2.85. The second-order valence-electron chi connectivity index (χ2n) is 5.97. The van der Waals surface area contributed by atoms with Gasteiger partial charge in [0.1, 0.15) is 11.6 Å². The lowest BCUT2D eigenvalue weighted by Gasteiger charge is -2.20. The van der Waals surface area contributed by atoms with Crippen molar-refractivity contribution in [2.75, 3.05) is 12.4 Å². The average molecular weight is 386 g/mol. The summed E-state index contributed by atoms with van der Waals surface area (Å²) in [6.45, 7) is 0. The van der Waals surface area contributed by atoms with Crippen molar-refractivity contribution in [2.45, 2.75) is 12.5 Å². The third-order valence-electron chi connectivity index (χ3n) is 4.19. The van der Waals surface area contributed by atoms with Gasteiger partial charge in [-0.05, 0) is 42.0 Å². The summed E-state index contributed by atoms with van der Waals surface area (Å²) in [6, 6.07) is 22.7. The van der Waals surface area contributed by atoms with Crippen LogP contribution in [0.4, 0.5) is 10.1 Å². The van der Waals surface area contributed by atoms with Crippen LogP contribution in [0.3, 0.4) is 0 Å². The molecule has 1 atom stereocenters. The van der Waals surface area contributed by atoms with Crippen molar-refractivity contribution in [2.24, 2.45) is 0 Å². The summed E-state index contributed by atoms with van der Waals surface area (Å²) in [5.74, 6) is 0.501. The van der Waals surface area contributed by atoms with Crippen LogP contribution in [0.2, 0.25) is 0 Å². The molecule has 5 heteroatoms. The molecule has 0 saturated heterocycles. The van der Waals surface area contributed by atoms with E-state index in [4.69, 9.17) is 4.74 Å². The van der Waals surface area contributed by atoms with Crippen LogP contribution in [0.15, 0.2) is 78.9 Å². The number of methoxy groups -OCH3 is 1. The van der Waals surface area contributed by atoms with E-state index in [1.165, 1.54) is 12.1 Å². The Labute approximate surface area is 164 Å². The van der Waals surface area contributed by atoms with Crippen molar-refractivity contribution in [1.82, 2.24) is 0 Å². The second-order valence-corrected chi connectivity index (χ2v) is 5.97. The number of nitrogens with one attached hydrogen (secondary N) is 1. The quantitative estimate of drug-likeness (QED) is 0.531. The van der Waals surface area contributed by atoms with Crippen LogP contribution in [0.1, 0.15) is 28.4 Å². The molecule has 3 rings (SSSR count). The molecule has 0 heterocycles. The first kappa shape index (κ1) is 20.5. The van der Waals surface area contributed by atoms with Gasteiger partial charge >= 0.3 is 0 Å². The number of hydrogen-bond acceptors (Lipinski definition) is 3. The highest BCUT2D eigenvalue weighted by atomic mass is 35.5. The molecule has 0 amide bonds. The molecule has 1 N–H and O–H groups in total. The van der Waals surface area contributed by atoms with Crippen molar-refractivity contribution >= 4 is 23.9 Å². The summed E-state index contributed by atoms with van der Waals surface area (Å²) in [4.78, 5) is 12.7. The molecule has 27 heavy (non-hydrogen) atoms. The Bertz CT molecular complexity index is 852. The van der Waals surface area contributed by atoms with Gasteiger partial charge in [-0.25, -0.2) is 4.39 Å². The first-order chi connectivity index (χ1) is 12.7. The number of carbonyl (C=O) groups excluding carboxylic acids is 1. The fourth-order valence-electron chi connectivity index (χ4n) is 2.76. The molecule has 0 radical (unpaired) electrons. The Balaban J connectivity index is 0.00000261. The molecule has 0 aliphatic heterocycles. The lowest BCUT2D eigenvalue weighted by Crippen LogP contribution is -2.16. The van der Waals surface area contributed by atoms with E-state index in [0.717, 1.165) is 17.0 Å². The van der Waals surface area contributed by atoms with Gasteiger partial charge in [-0.15, -0.1) is 12.4 Å². The first-order valence-corrected chi connectivity index (χ1v) is 8.40. The second kappa shape index (κ2) is 9.74. The minimum atomic E-state index is -0.295. The topological polar surface area (TPSA) is 38.3 Å². The third kappa shape index (κ3) is 5.56. The SMILES string of the molecule is COc1ccc(C(CC(=O)c2ccccc2)Nc2ccc(F)cc2)cc1.Cl. The van der Waals surface area contributed by atoms with Gasteiger partial charge < -0.3 is 10.1 Å². The highest BCUT2D eigenvalue weighted by molar-refractivity contribution is 5.96. The fraction of sp³-hybridized carbons (Fsp3) is 0.136. The summed E-state index contributed by atoms with van der Waals surface area (Å²) in [5.41, 5.74) is 2.39. The predicted molar refractivity (Wildman–Crippen MR) is 108 cm³/mol. The zero-order chi connectivity index (χ0) is 18.4. The van der Waals surface area contributed by atoms with E-state index in [0.29, 0.717) is 5.56 Å². The largest absolute Gasteiger partial charge is 0.497 e. The van der Waals surface area contributed by atoms with Crippen LogP contribution < -0.4 is 10.1 Å². The number of ketones is 1. The van der Waals surface area contributed by atoms with Gasteiger partial charge in [0.15, 0.2) is 5.78 Å². The highest BCUT2D eigenvalue weighted by Gasteiger charge is 2.17. The molecule has 0 spiro atoms. The zero-order valence-electron chi connectivity index (χ0n) is 14.9. The van der Waals surface area contributed by atoms with Crippen LogP contribution in [-0.4, -0.2) is 12.9 Å². The molecule has 140 valence electrons. The maximum atomic E-state index is 13.2. The normalized spacial score (nSPS) is 11.2. The van der Waals surface area contributed by atoms with Gasteiger partial charge in [0.05, 0.1) is 13.2 Å². The van der Waals surface area contributed by atoms with Gasteiger partial charge in [0.2, 0.25) is 0 Å². The van der Waals surface area contributed by atoms with E-state index in [-0.39, 0.29) is 36.5 Å². The van der Waals surface area contributed by atoms with Gasteiger partial charge in [-0.2, -0.15) is 0 Å². The first-order valence-electron chi connectivity index (χ1n) is 8.40. The molecule has 3 nitrogen and oxygen atoms in total. The van der Waals surface area contributed by atoms with Crippen LogP contribution in [-0.2, 0) is 0 Å². The summed E-state index contributed by atoms with van der Waals surface area (Å²) in [5, 5.41) is 3.33. The standard InChI is InChI=1S/C22H20FNO2.ClH/c1-26-20-13-7-16(8-14-20)21(24-19-11-9-18(23)10-12-19)15-22(25)17-5-3-2-4-6-17;/h2-14,21,24H,15H2,1H3;1H. The number of Topliss-reactive ketones (excluding diaryl/α,β-unsaturated/α-hetero) is 1. The van der Waals surface area contributed by atoms with Crippen molar-refractivity contribution in [1.29, 1.82) is 0 Å².